The maximum Gasteiger partial charge on any atom is 0.272 e. The number of carbonyl (C=O) groups excluding carboxylic acids is 2. The number of hydrogen-bond acceptors (Lipinski definition) is 3. The van der Waals surface area contributed by atoms with E-state index in [0.29, 0.717) is 31.9 Å². The first-order valence-corrected chi connectivity index (χ1v) is 5.61. The predicted octanol–water partition coefficient (Wildman–Crippen LogP) is -0.357. The highest BCUT2D eigenvalue weighted by atomic mass is 16.2. The number of carbonyl (C=O) groups is 2. The van der Waals surface area contributed by atoms with Gasteiger partial charge in [0.2, 0.25) is 6.41 Å². The maximum absolute atomic E-state index is 12.2. The average Bonchev–Trinajstić information content (AvgIpc) is 2.68. The van der Waals surface area contributed by atoms with E-state index in [0.717, 1.165) is 12.1 Å². The lowest BCUT2D eigenvalue weighted by molar-refractivity contribution is -0.119. The van der Waals surface area contributed by atoms with Crippen molar-refractivity contribution in [3.8, 4) is 0 Å². The lowest BCUT2D eigenvalue weighted by atomic mass is 10.2. The number of nitrogens with zero attached hydrogens (tertiary/aromatic N) is 4. The maximum atomic E-state index is 12.2. The molecule has 0 spiro atoms. The van der Waals surface area contributed by atoms with Gasteiger partial charge in [-0.1, -0.05) is 0 Å². The van der Waals surface area contributed by atoms with Crippen molar-refractivity contribution in [1.82, 2.24) is 19.6 Å². The van der Waals surface area contributed by atoms with Gasteiger partial charge in [-0.3, -0.25) is 14.3 Å². The van der Waals surface area contributed by atoms with Crippen LogP contribution in [0, 0.1) is 6.92 Å². The standard InChI is InChI=1S/C11H16N4O2/c1-9-7-10(13(2)12-9)11(17)15-5-3-14(8-16)4-6-15/h7-8H,3-6H2,1-2H3. The molecule has 0 radical (unpaired) electrons. The molecule has 1 saturated heterocycles. The molecule has 6 nitrogen and oxygen atoms in total. The SMILES string of the molecule is Cc1cc(C(=O)N2CCN(C=O)CC2)n(C)n1. The molecular weight excluding hydrogens is 220 g/mol. The second-order valence-corrected chi connectivity index (χ2v) is 4.23. The Hall–Kier alpha value is -1.85. The van der Waals surface area contributed by atoms with Crippen molar-refractivity contribution in [3.63, 3.8) is 0 Å². The summed E-state index contributed by atoms with van der Waals surface area (Å²) in [6.07, 6.45) is 0.829. The first-order valence-electron chi connectivity index (χ1n) is 5.61. The molecular formula is C11H16N4O2. The summed E-state index contributed by atoms with van der Waals surface area (Å²) in [6, 6.07) is 1.79. The Bertz CT molecular complexity index is 433. The second-order valence-electron chi connectivity index (χ2n) is 4.23. The third kappa shape index (κ3) is 2.30. The van der Waals surface area contributed by atoms with E-state index in [2.05, 4.69) is 5.10 Å². The third-order valence-corrected chi connectivity index (χ3v) is 2.97. The minimum Gasteiger partial charge on any atom is -0.342 e. The number of piperazine rings is 1. The monoisotopic (exact) mass is 236 g/mol. The average molecular weight is 236 g/mol. The van der Waals surface area contributed by atoms with Crippen molar-refractivity contribution in [2.24, 2.45) is 7.05 Å². The highest BCUT2D eigenvalue weighted by Gasteiger charge is 2.23. The van der Waals surface area contributed by atoms with E-state index in [-0.39, 0.29) is 5.91 Å². The first-order chi connectivity index (χ1) is 8.11. The van der Waals surface area contributed by atoms with E-state index >= 15 is 0 Å². The van der Waals surface area contributed by atoms with Crippen LogP contribution in [0.4, 0.5) is 0 Å². The van der Waals surface area contributed by atoms with Crippen LogP contribution in [0.3, 0.4) is 0 Å². The summed E-state index contributed by atoms with van der Waals surface area (Å²) in [7, 11) is 1.77. The number of amides is 2. The quantitative estimate of drug-likeness (QED) is 0.659. The molecule has 0 aliphatic carbocycles. The number of hydrogen-bond donors (Lipinski definition) is 0. The van der Waals surface area contributed by atoms with Crippen molar-refractivity contribution in [1.29, 1.82) is 0 Å². The molecule has 1 aromatic heterocycles. The summed E-state index contributed by atoms with van der Waals surface area (Å²) in [4.78, 5) is 26.2. The third-order valence-electron chi connectivity index (χ3n) is 2.97. The normalized spacial score (nSPS) is 16.1. The summed E-state index contributed by atoms with van der Waals surface area (Å²) < 4.78 is 1.60. The molecule has 0 saturated carbocycles. The lowest BCUT2D eigenvalue weighted by Crippen LogP contribution is -2.48. The number of rotatable bonds is 2. The predicted molar refractivity (Wildman–Crippen MR) is 61.5 cm³/mol. The summed E-state index contributed by atoms with van der Waals surface area (Å²) in [5.41, 5.74) is 1.43. The van der Waals surface area contributed by atoms with Crippen LogP contribution in [0.15, 0.2) is 6.07 Å². The number of aryl methyl sites for hydroxylation is 2. The molecule has 2 amide bonds. The van der Waals surface area contributed by atoms with Gasteiger partial charge in [0.05, 0.1) is 5.69 Å². The van der Waals surface area contributed by atoms with Crippen molar-refractivity contribution in [3.05, 3.63) is 17.5 Å². The Balaban J connectivity index is 2.06. The fourth-order valence-corrected chi connectivity index (χ4v) is 2.00. The van der Waals surface area contributed by atoms with Gasteiger partial charge in [-0.05, 0) is 13.0 Å². The number of aromatic nitrogens is 2. The van der Waals surface area contributed by atoms with Gasteiger partial charge in [-0.2, -0.15) is 5.10 Å². The van der Waals surface area contributed by atoms with Gasteiger partial charge in [0, 0.05) is 33.2 Å². The van der Waals surface area contributed by atoms with E-state index < -0.39 is 0 Å². The van der Waals surface area contributed by atoms with E-state index in [4.69, 9.17) is 0 Å². The summed E-state index contributed by atoms with van der Waals surface area (Å²) in [5.74, 6) is -0.0151. The molecule has 92 valence electrons. The first kappa shape index (κ1) is 11.6. The van der Waals surface area contributed by atoms with Gasteiger partial charge < -0.3 is 9.80 Å². The fourth-order valence-electron chi connectivity index (χ4n) is 2.00. The Morgan fingerprint density at radius 1 is 1.35 bits per heavy atom. The molecule has 1 aromatic rings. The van der Waals surface area contributed by atoms with Gasteiger partial charge in [0.1, 0.15) is 5.69 Å². The minimum atomic E-state index is -0.0151. The molecule has 0 atom stereocenters. The lowest BCUT2D eigenvalue weighted by Gasteiger charge is -2.32. The molecule has 0 aromatic carbocycles. The van der Waals surface area contributed by atoms with Gasteiger partial charge in [-0.15, -0.1) is 0 Å². The Kier molecular flexibility index (Phi) is 3.12. The smallest absolute Gasteiger partial charge is 0.272 e. The van der Waals surface area contributed by atoms with Crippen LogP contribution in [0.25, 0.3) is 0 Å². The molecule has 1 aliphatic heterocycles. The van der Waals surface area contributed by atoms with Crippen molar-refractivity contribution < 1.29 is 9.59 Å². The molecule has 2 rings (SSSR count). The second kappa shape index (κ2) is 4.57. The van der Waals surface area contributed by atoms with Crippen molar-refractivity contribution in [2.75, 3.05) is 26.2 Å². The van der Waals surface area contributed by atoms with Crippen molar-refractivity contribution in [2.45, 2.75) is 6.92 Å². The molecule has 6 heteroatoms. The van der Waals surface area contributed by atoms with Gasteiger partial charge in [0.25, 0.3) is 5.91 Å². The molecule has 1 aliphatic rings. The fraction of sp³-hybridized carbons (Fsp3) is 0.545. The summed E-state index contributed by atoms with van der Waals surface area (Å²) >= 11 is 0. The van der Waals surface area contributed by atoms with E-state index in [1.807, 2.05) is 6.92 Å². The zero-order chi connectivity index (χ0) is 12.4. The van der Waals surface area contributed by atoms with E-state index in [9.17, 15) is 9.59 Å². The van der Waals surface area contributed by atoms with E-state index in [1.165, 1.54) is 0 Å². The Morgan fingerprint density at radius 2 is 2.00 bits per heavy atom. The largest absolute Gasteiger partial charge is 0.342 e. The van der Waals surface area contributed by atoms with Crippen LogP contribution in [0.1, 0.15) is 16.2 Å². The van der Waals surface area contributed by atoms with Crippen LogP contribution >= 0.6 is 0 Å². The van der Waals surface area contributed by atoms with Gasteiger partial charge in [0.15, 0.2) is 0 Å². The Morgan fingerprint density at radius 3 is 2.47 bits per heavy atom. The minimum absolute atomic E-state index is 0.0151. The molecule has 0 unspecified atom stereocenters. The van der Waals surface area contributed by atoms with Crippen LogP contribution in [-0.4, -0.2) is 58.1 Å². The Labute approximate surface area is 99.8 Å². The van der Waals surface area contributed by atoms with Gasteiger partial charge >= 0.3 is 0 Å². The zero-order valence-electron chi connectivity index (χ0n) is 10.1. The highest BCUT2D eigenvalue weighted by Crippen LogP contribution is 2.09. The molecule has 2 heterocycles. The molecule has 0 N–H and O–H groups in total. The van der Waals surface area contributed by atoms with Crippen molar-refractivity contribution >= 4 is 12.3 Å². The zero-order valence-corrected chi connectivity index (χ0v) is 10.1. The van der Waals surface area contributed by atoms with Gasteiger partial charge in [-0.25, -0.2) is 0 Å². The van der Waals surface area contributed by atoms with Crippen LogP contribution in [0.2, 0.25) is 0 Å². The molecule has 17 heavy (non-hydrogen) atoms. The van der Waals surface area contributed by atoms with Crippen LogP contribution in [0.5, 0.6) is 0 Å². The highest BCUT2D eigenvalue weighted by molar-refractivity contribution is 5.92. The molecule has 0 bridgehead atoms. The van der Waals surface area contributed by atoms with Crippen LogP contribution < -0.4 is 0 Å². The molecule has 1 fully saturated rings. The summed E-state index contributed by atoms with van der Waals surface area (Å²) in [5, 5.41) is 4.16. The topological polar surface area (TPSA) is 58.4 Å². The van der Waals surface area contributed by atoms with Crippen LogP contribution in [-0.2, 0) is 11.8 Å². The van der Waals surface area contributed by atoms with E-state index in [1.54, 1.807) is 27.6 Å². The summed E-state index contributed by atoms with van der Waals surface area (Å²) in [6.45, 7) is 4.24.